The van der Waals surface area contributed by atoms with Gasteiger partial charge in [0.2, 0.25) is 21.8 Å². The predicted octanol–water partition coefficient (Wildman–Crippen LogP) is 4.14. The number of carbonyl (C=O) groups excluding carboxylic acids is 2. The monoisotopic (exact) mass is 507 g/mol. The maximum Gasteiger partial charge on any atom is 0.242 e. The molecule has 2 amide bonds. The number of aryl methyl sites for hydroxylation is 1. The third kappa shape index (κ3) is 8.33. The Labute approximate surface area is 208 Å². The lowest BCUT2D eigenvalue weighted by Crippen LogP contribution is -2.47. The summed E-state index contributed by atoms with van der Waals surface area (Å²) in [7, 11) is -3.56. The minimum absolute atomic E-state index is 0.101. The van der Waals surface area contributed by atoms with E-state index < -0.39 is 16.1 Å². The van der Waals surface area contributed by atoms with Crippen LogP contribution in [0.2, 0.25) is 5.02 Å². The zero-order valence-electron chi connectivity index (χ0n) is 20.3. The Bertz CT molecular complexity index is 1070. The van der Waals surface area contributed by atoms with Crippen LogP contribution in [0, 0.1) is 6.92 Å². The Morgan fingerprint density at radius 3 is 2.38 bits per heavy atom. The molecule has 2 rings (SSSR count). The van der Waals surface area contributed by atoms with Gasteiger partial charge in [-0.1, -0.05) is 54.4 Å². The number of anilines is 1. The van der Waals surface area contributed by atoms with Crippen molar-refractivity contribution in [1.29, 1.82) is 0 Å². The highest BCUT2D eigenvalue weighted by atomic mass is 35.5. The van der Waals surface area contributed by atoms with Gasteiger partial charge in [-0.05, 0) is 50.5 Å². The van der Waals surface area contributed by atoms with Crippen LogP contribution in [0.1, 0.15) is 44.2 Å². The van der Waals surface area contributed by atoms with E-state index in [1.54, 1.807) is 36.1 Å². The average molecular weight is 508 g/mol. The molecule has 0 aliphatic rings. The zero-order chi connectivity index (χ0) is 25.3. The number of nitrogens with one attached hydrogen (secondary N) is 1. The van der Waals surface area contributed by atoms with Crippen LogP contribution >= 0.6 is 11.6 Å². The first kappa shape index (κ1) is 27.7. The van der Waals surface area contributed by atoms with Gasteiger partial charge in [0, 0.05) is 31.1 Å². The highest BCUT2D eigenvalue weighted by Crippen LogP contribution is 2.22. The summed E-state index contributed by atoms with van der Waals surface area (Å²) in [5, 5.41) is 3.28. The molecule has 0 unspecified atom stereocenters. The minimum Gasteiger partial charge on any atom is -0.354 e. The number of halogens is 1. The Morgan fingerprint density at radius 2 is 1.79 bits per heavy atom. The number of sulfonamides is 1. The lowest BCUT2D eigenvalue weighted by atomic mass is 10.1. The first-order valence-corrected chi connectivity index (χ1v) is 13.6. The number of rotatable bonds is 12. The molecular formula is C25H34ClN3O4S. The van der Waals surface area contributed by atoms with Crippen LogP contribution in [0.15, 0.2) is 48.5 Å². The first-order valence-electron chi connectivity index (χ1n) is 11.4. The van der Waals surface area contributed by atoms with Crippen molar-refractivity contribution in [2.24, 2.45) is 0 Å². The van der Waals surface area contributed by atoms with E-state index in [1.807, 2.05) is 38.1 Å². The maximum absolute atomic E-state index is 13.2. The largest absolute Gasteiger partial charge is 0.354 e. The summed E-state index contributed by atoms with van der Waals surface area (Å²) in [4.78, 5) is 27.4. The molecule has 0 aliphatic carbocycles. The van der Waals surface area contributed by atoms with Gasteiger partial charge in [0.1, 0.15) is 6.04 Å². The molecule has 1 atom stereocenters. The summed E-state index contributed by atoms with van der Waals surface area (Å²) < 4.78 is 26.0. The number of hydrogen-bond acceptors (Lipinski definition) is 4. The number of carbonyl (C=O) groups is 2. The van der Waals surface area contributed by atoms with Crippen molar-refractivity contribution >= 4 is 39.1 Å². The van der Waals surface area contributed by atoms with E-state index in [1.165, 1.54) is 4.31 Å². The summed E-state index contributed by atoms with van der Waals surface area (Å²) in [5.74, 6) is -0.418. The van der Waals surface area contributed by atoms with Crippen LogP contribution in [-0.2, 0) is 26.2 Å². The van der Waals surface area contributed by atoms with Gasteiger partial charge in [-0.15, -0.1) is 0 Å². The van der Waals surface area contributed by atoms with Crippen molar-refractivity contribution < 1.29 is 18.0 Å². The molecule has 0 heterocycles. The number of benzene rings is 2. The molecule has 1 N–H and O–H groups in total. The SMILES string of the molecule is CCCNC(=O)[C@@H](C)N(Cc1ccc(C)cc1)C(=O)CCCN(c1cccc(Cl)c1)S(C)(=O)=O. The first-order chi connectivity index (χ1) is 16.0. The van der Waals surface area contributed by atoms with E-state index in [0.717, 1.165) is 23.8 Å². The summed E-state index contributed by atoms with van der Waals surface area (Å²) in [6.45, 7) is 6.63. The summed E-state index contributed by atoms with van der Waals surface area (Å²) in [6, 6.07) is 13.8. The van der Waals surface area contributed by atoms with Gasteiger partial charge in [-0.2, -0.15) is 0 Å². The topological polar surface area (TPSA) is 86.8 Å². The fourth-order valence-electron chi connectivity index (χ4n) is 3.50. The van der Waals surface area contributed by atoms with E-state index >= 15 is 0 Å². The van der Waals surface area contributed by atoms with Crippen molar-refractivity contribution in [2.45, 2.75) is 52.6 Å². The van der Waals surface area contributed by atoms with Crippen LogP contribution < -0.4 is 9.62 Å². The van der Waals surface area contributed by atoms with Gasteiger partial charge in [-0.25, -0.2) is 8.42 Å². The molecule has 0 bridgehead atoms. The molecule has 0 spiro atoms. The third-order valence-electron chi connectivity index (χ3n) is 5.44. The Morgan fingerprint density at radius 1 is 1.12 bits per heavy atom. The average Bonchev–Trinajstić information content (AvgIpc) is 2.78. The Hall–Kier alpha value is -2.58. The second-order valence-electron chi connectivity index (χ2n) is 8.39. The predicted molar refractivity (Wildman–Crippen MR) is 137 cm³/mol. The smallest absolute Gasteiger partial charge is 0.242 e. The zero-order valence-corrected chi connectivity index (χ0v) is 21.8. The van der Waals surface area contributed by atoms with Crippen molar-refractivity contribution in [3.8, 4) is 0 Å². The molecule has 34 heavy (non-hydrogen) atoms. The molecule has 0 radical (unpaired) electrons. The minimum atomic E-state index is -3.56. The summed E-state index contributed by atoms with van der Waals surface area (Å²) >= 11 is 6.03. The van der Waals surface area contributed by atoms with Crippen LogP contribution in [0.5, 0.6) is 0 Å². The van der Waals surface area contributed by atoms with Gasteiger partial charge >= 0.3 is 0 Å². The fraction of sp³-hybridized carbons (Fsp3) is 0.440. The maximum atomic E-state index is 13.2. The molecule has 0 saturated heterocycles. The van der Waals surface area contributed by atoms with E-state index in [-0.39, 0.29) is 24.8 Å². The van der Waals surface area contributed by atoms with Crippen LogP contribution in [0.25, 0.3) is 0 Å². The molecule has 0 fully saturated rings. The van der Waals surface area contributed by atoms with Gasteiger partial charge in [0.25, 0.3) is 0 Å². The van der Waals surface area contributed by atoms with Crippen molar-refractivity contribution in [1.82, 2.24) is 10.2 Å². The molecule has 7 nitrogen and oxygen atoms in total. The summed E-state index contributed by atoms with van der Waals surface area (Å²) in [5.41, 5.74) is 2.48. The molecule has 2 aromatic rings. The molecule has 2 aromatic carbocycles. The molecule has 186 valence electrons. The highest BCUT2D eigenvalue weighted by molar-refractivity contribution is 7.92. The van der Waals surface area contributed by atoms with E-state index in [4.69, 9.17) is 11.6 Å². The van der Waals surface area contributed by atoms with Gasteiger partial charge in [0.05, 0.1) is 11.9 Å². The Balaban J connectivity index is 2.14. The van der Waals surface area contributed by atoms with Gasteiger partial charge in [0.15, 0.2) is 0 Å². The normalized spacial score (nSPS) is 12.1. The second-order valence-corrected chi connectivity index (χ2v) is 10.7. The summed E-state index contributed by atoms with van der Waals surface area (Å²) in [6.07, 6.45) is 2.32. The Kier molecular flexibility index (Phi) is 10.4. The van der Waals surface area contributed by atoms with Crippen molar-refractivity contribution in [3.63, 3.8) is 0 Å². The van der Waals surface area contributed by atoms with Crippen LogP contribution in [0.3, 0.4) is 0 Å². The molecule has 0 aliphatic heterocycles. The highest BCUT2D eigenvalue weighted by Gasteiger charge is 2.26. The molecular weight excluding hydrogens is 474 g/mol. The molecule has 0 aromatic heterocycles. The quantitative estimate of drug-likeness (QED) is 0.467. The number of nitrogens with zero attached hydrogens (tertiary/aromatic N) is 2. The van der Waals surface area contributed by atoms with Crippen molar-refractivity contribution in [2.75, 3.05) is 23.7 Å². The van der Waals surface area contributed by atoms with Crippen LogP contribution in [-0.4, -0.2) is 50.5 Å². The standard InChI is InChI=1S/C25H34ClN3O4S/c1-5-15-27-25(31)20(3)28(18-21-13-11-19(2)12-14-21)24(30)10-7-16-29(34(4,32)33)23-9-6-8-22(26)17-23/h6,8-9,11-14,17,20H,5,7,10,15-16,18H2,1-4H3,(H,27,31)/t20-/m1/s1. The van der Waals surface area contributed by atoms with E-state index in [0.29, 0.717) is 30.2 Å². The number of hydrogen-bond donors (Lipinski definition) is 1. The second kappa shape index (κ2) is 12.8. The van der Waals surface area contributed by atoms with E-state index in [2.05, 4.69) is 5.32 Å². The van der Waals surface area contributed by atoms with Crippen LogP contribution in [0.4, 0.5) is 5.69 Å². The number of amides is 2. The fourth-order valence-corrected chi connectivity index (χ4v) is 4.65. The lowest BCUT2D eigenvalue weighted by Gasteiger charge is -2.29. The molecule has 9 heteroatoms. The lowest BCUT2D eigenvalue weighted by molar-refractivity contribution is -0.140. The third-order valence-corrected chi connectivity index (χ3v) is 6.87. The molecule has 0 saturated carbocycles. The van der Waals surface area contributed by atoms with Gasteiger partial charge < -0.3 is 10.2 Å². The van der Waals surface area contributed by atoms with Gasteiger partial charge in [-0.3, -0.25) is 13.9 Å². The van der Waals surface area contributed by atoms with E-state index in [9.17, 15) is 18.0 Å². The van der Waals surface area contributed by atoms with Crippen molar-refractivity contribution in [3.05, 3.63) is 64.7 Å².